The molecule has 3 nitrogen and oxygen atoms in total. The maximum Gasteiger partial charge on any atom is 0.227 e. The molecule has 0 aromatic heterocycles. The molecule has 1 fully saturated rings. The Morgan fingerprint density at radius 1 is 1.22 bits per heavy atom. The first kappa shape index (κ1) is 11.7. The molecule has 0 N–H and O–H groups in total. The Morgan fingerprint density at radius 3 is 2.89 bits per heavy atom. The highest BCUT2D eigenvalue weighted by atomic mass is 19.1. The molecule has 4 heteroatoms. The van der Waals surface area contributed by atoms with E-state index in [-0.39, 0.29) is 11.7 Å². The fourth-order valence-corrected chi connectivity index (χ4v) is 2.70. The van der Waals surface area contributed by atoms with Crippen LogP contribution in [0.2, 0.25) is 0 Å². The lowest BCUT2D eigenvalue weighted by atomic mass is 10.0. The molecular formula is C14H16FNO2. The van der Waals surface area contributed by atoms with Gasteiger partial charge in [-0.2, -0.15) is 0 Å². The summed E-state index contributed by atoms with van der Waals surface area (Å²) in [5, 5.41) is 0. The molecule has 18 heavy (non-hydrogen) atoms. The second kappa shape index (κ2) is 4.69. The third-order valence-corrected chi connectivity index (χ3v) is 3.63. The van der Waals surface area contributed by atoms with Gasteiger partial charge in [-0.25, -0.2) is 4.39 Å². The van der Waals surface area contributed by atoms with Crippen LogP contribution in [-0.2, 0) is 22.6 Å². The Kier molecular flexibility index (Phi) is 3.04. The molecule has 0 atom stereocenters. The van der Waals surface area contributed by atoms with Crippen molar-refractivity contribution >= 4 is 11.6 Å². The number of carbonyl (C=O) groups excluding carboxylic acids is 1. The quantitative estimate of drug-likeness (QED) is 0.765. The van der Waals surface area contributed by atoms with Gasteiger partial charge in [-0.05, 0) is 42.5 Å². The third kappa shape index (κ3) is 2.01. The Balaban J connectivity index is 1.99. The highest BCUT2D eigenvalue weighted by Crippen LogP contribution is 2.28. The largest absolute Gasteiger partial charge is 0.377 e. The Morgan fingerprint density at radius 2 is 2.11 bits per heavy atom. The van der Waals surface area contributed by atoms with E-state index in [1.54, 1.807) is 4.90 Å². The van der Waals surface area contributed by atoms with Gasteiger partial charge in [0.2, 0.25) is 5.91 Å². The molecule has 1 aromatic rings. The molecular weight excluding hydrogens is 233 g/mol. The molecule has 0 aliphatic carbocycles. The van der Waals surface area contributed by atoms with E-state index in [2.05, 4.69) is 0 Å². The summed E-state index contributed by atoms with van der Waals surface area (Å²) >= 11 is 0. The van der Waals surface area contributed by atoms with Gasteiger partial charge in [-0.1, -0.05) is 0 Å². The van der Waals surface area contributed by atoms with Gasteiger partial charge in [0.05, 0.1) is 6.61 Å². The van der Waals surface area contributed by atoms with Crippen LogP contribution < -0.4 is 4.90 Å². The highest BCUT2D eigenvalue weighted by Gasteiger charge is 2.24. The molecule has 0 spiro atoms. The van der Waals surface area contributed by atoms with Crippen LogP contribution in [0.5, 0.6) is 0 Å². The predicted molar refractivity (Wildman–Crippen MR) is 66.0 cm³/mol. The minimum atomic E-state index is -0.201. The lowest BCUT2D eigenvalue weighted by Gasteiger charge is -2.18. The van der Waals surface area contributed by atoms with Gasteiger partial charge in [-0.3, -0.25) is 4.79 Å². The molecule has 2 heterocycles. The summed E-state index contributed by atoms with van der Waals surface area (Å²) in [6, 6.07) is 3.40. The molecule has 2 aliphatic rings. The number of benzene rings is 1. The van der Waals surface area contributed by atoms with Crippen LogP contribution in [0.3, 0.4) is 0 Å². The molecule has 96 valence electrons. The first-order valence-electron chi connectivity index (χ1n) is 6.45. The van der Waals surface area contributed by atoms with Crippen molar-refractivity contribution in [3.8, 4) is 0 Å². The molecule has 0 bridgehead atoms. The van der Waals surface area contributed by atoms with E-state index in [9.17, 15) is 9.18 Å². The number of fused-ring (bicyclic) bond motifs is 1. The molecule has 1 amide bonds. The van der Waals surface area contributed by atoms with E-state index < -0.39 is 0 Å². The highest BCUT2D eigenvalue weighted by molar-refractivity contribution is 5.95. The standard InChI is InChI=1S/C14H16FNO2/c15-13-8-11(16-5-1-4-14(16)17)7-10-9-18-6-2-3-12(10)13/h7-8H,1-6,9H2. The van der Waals surface area contributed by atoms with Gasteiger partial charge in [0.25, 0.3) is 0 Å². The van der Waals surface area contributed by atoms with Crippen LogP contribution in [0.4, 0.5) is 10.1 Å². The van der Waals surface area contributed by atoms with E-state index >= 15 is 0 Å². The van der Waals surface area contributed by atoms with E-state index in [4.69, 9.17) is 4.74 Å². The number of ether oxygens (including phenoxy) is 1. The van der Waals surface area contributed by atoms with Crippen LogP contribution in [0, 0.1) is 5.82 Å². The second-order valence-electron chi connectivity index (χ2n) is 4.87. The zero-order valence-corrected chi connectivity index (χ0v) is 10.2. The molecule has 0 saturated carbocycles. The number of hydrogen-bond donors (Lipinski definition) is 0. The van der Waals surface area contributed by atoms with E-state index in [1.807, 2.05) is 6.07 Å². The maximum absolute atomic E-state index is 14.1. The predicted octanol–water partition coefficient (Wildman–Crippen LogP) is 2.42. The van der Waals surface area contributed by atoms with Gasteiger partial charge in [0, 0.05) is 25.3 Å². The Labute approximate surface area is 106 Å². The summed E-state index contributed by atoms with van der Waals surface area (Å²) in [5.41, 5.74) is 2.32. The van der Waals surface area contributed by atoms with Gasteiger partial charge < -0.3 is 9.64 Å². The van der Waals surface area contributed by atoms with Crippen LogP contribution in [-0.4, -0.2) is 19.1 Å². The number of anilines is 1. The first-order chi connectivity index (χ1) is 8.75. The zero-order chi connectivity index (χ0) is 12.5. The van der Waals surface area contributed by atoms with Crippen molar-refractivity contribution in [1.82, 2.24) is 0 Å². The van der Waals surface area contributed by atoms with Crippen molar-refractivity contribution in [2.75, 3.05) is 18.1 Å². The molecule has 3 rings (SSSR count). The molecule has 1 saturated heterocycles. The monoisotopic (exact) mass is 249 g/mol. The summed E-state index contributed by atoms with van der Waals surface area (Å²) in [5.74, 6) is -0.114. The Hall–Kier alpha value is -1.42. The third-order valence-electron chi connectivity index (χ3n) is 3.63. The second-order valence-corrected chi connectivity index (χ2v) is 4.87. The van der Waals surface area contributed by atoms with Crippen LogP contribution in [0.15, 0.2) is 12.1 Å². The van der Waals surface area contributed by atoms with Crippen molar-refractivity contribution in [3.63, 3.8) is 0 Å². The fraction of sp³-hybridized carbons (Fsp3) is 0.500. The van der Waals surface area contributed by atoms with Crippen molar-refractivity contribution in [1.29, 1.82) is 0 Å². The van der Waals surface area contributed by atoms with Crippen molar-refractivity contribution in [2.24, 2.45) is 0 Å². The number of halogens is 1. The normalized spacial score (nSPS) is 19.8. The number of nitrogens with zero attached hydrogens (tertiary/aromatic N) is 1. The summed E-state index contributed by atoms with van der Waals surface area (Å²) in [4.78, 5) is 13.4. The molecule has 0 radical (unpaired) electrons. The molecule has 1 aromatic carbocycles. The van der Waals surface area contributed by atoms with E-state index in [0.717, 1.165) is 30.4 Å². The van der Waals surface area contributed by atoms with E-state index in [1.165, 1.54) is 6.07 Å². The summed E-state index contributed by atoms with van der Waals surface area (Å²) in [6.45, 7) is 1.81. The van der Waals surface area contributed by atoms with Crippen LogP contribution in [0.1, 0.15) is 30.4 Å². The smallest absolute Gasteiger partial charge is 0.227 e. The van der Waals surface area contributed by atoms with E-state index in [0.29, 0.717) is 31.9 Å². The van der Waals surface area contributed by atoms with Crippen LogP contribution >= 0.6 is 0 Å². The Bertz CT molecular complexity index is 487. The van der Waals surface area contributed by atoms with Gasteiger partial charge >= 0.3 is 0 Å². The number of hydrogen-bond acceptors (Lipinski definition) is 2. The van der Waals surface area contributed by atoms with Gasteiger partial charge in [0.15, 0.2) is 0 Å². The maximum atomic E-state index is 14.1. The topological polar surface area (TPSA) is 29.5 Å². The minimum absolute atomic E-state index is 0.0869. The lowest BCUT2D eigenvalue weighted by molar-refractivity contribution is -0.117. The summed E-state index contributed by atoms with van der Waals surface area (Å²) in [6.07, 6.45) is 2.99. The summed E-state index contributed by atoms with van der Waals surface area (Å²) < 4.78 is 19.5. The van der Waals surface area contributed by atoms with Crippen LogP contribution in [0.25, 0.3) is 0 Å². The van der Waals surface area contributed by atoms with Crippen molar-refractivity contribution in [3.05, 3.63) is 29.1 Å². The number of amides is 1. The van der Waals surface area contributed by atoms with Crippen molar-refractivity contribution < 1.29 is 13.9 Å². The average Bonchev–Trinajstić information content (AvgIpc) is 2.63. The van der Waals surface area contributed by atoms with Gasteiger partial charge in [0.1, 0.15) is 5.82 Å². The van der Waals surface area contributed by atoms with Gasteiger partial charge in [-0.15, -0.1) is 0 Å². The molecule has 0 unspecified atom stereocenters. The van der Waals surface area contributed by atoms with Crippen molar-refractivity contribution in [2.45, 2.75) is 32.3 Å². The summed E-state index contributed by atoms with van der Waals surface area (Å²) in [7, 11) is 0. The lowest BCUT2D eigenvalue weighted by Crippen LogP contribution is -2.24. The fourth-order valence-electron chi connectivity index (χ4n) is 2.70. The minimum Gasteiger partial charge on any atom is -0.377 e. The molecule has 2 aliphatic heterocycles. The number of rotatable bonds is 1. The average molecular weight is 249 g/mol. The number of carbonyl (C=O) groups is 1. The SMILES string of the molecule is O=C1CCCN1c1cc(F)c2c(c1)COCCC2. The zero-order valence-electron chi connectivity index (χ0n) is 10.2. The first-order valence-corrected chi connectivity index (χ1v) is 6.45.